The maximum Gasteiger partial charge on any atom is 0.245 e. The molecule has 2 amide bonds. The van der Waals surface area contributed by atoms with Gasteiger partial charge in [-0.25, -0.2) is 0 Å². The van der Waals surface area contributed by atoms with Crippen LogP contribution in [0.15, 0.2) is 42.7 Å². The Morgan fingerprint density at radius 3 is 2.62 bits per heavy atom. The highest BCUT2D eigenvalue weighted by atomic mass is 35.5. The zero-order valence-electron chi connectivity index (χ0n) is 20.3. The summed E-state index contributed by atoms with van der Waals surface area (Å²) < 4.78 is 0. The van der Waals surface area contributed by atoms with Gasteiger partial charge in [0.1, 0.15) is 6.04 Å². The third kappa shape index (κ3) is 5.63. The van der Waals surface area contributed by atoms with Gasteiger partial charge in [0.2, 0.25) is 11.8 Å². The molecule has 5 nitrogen and oxygen atoms in total. The van der Waals surface area contributed by atoms with Gasteiger partial charge in [0, 0.05) is 35.4 Å². The van der Waals surface area contributed by atoms with Crippen LogP contribution in [0.1, 0.15) is 76.8 Å². The summed E-state index contributed by atoms with van der Waals surface area (Å²) in [4.78, 5) is 33.3. The summed E-state index contributed by atoms with van der Waals surface area (Å²) in [7, 11) is 0. The minimum absolute atomic E-state index is 0.00760. The van der Waals surface area contributed by atoms with Crippen molar-refractivity contribution >= 4 is 23.4 Å². The van der Waals surface area contributed by atoms with E-state index in [9.17, 15) is 9.59 Å². The first kappa shape index (κ1) is 24.7. The molecule has 1 aliphatic carbocycles. The number of halogens is 1. The predicted octanol–water partition coefficient (Wildman–Crippen LogP) is 6.18. The van der Waals surface area contributed by atoms with Gasteiger partial charge in [-0.1, -0.05) is 56.8 Å². The number of likely N-dealkylation sites (tertiary alicyclic amines) is 1. The van der Waals surface area contributed by atoms with E-state index in [2.05, 4.69) is 16.4 Å². The fraction of sp³-hybridized carbons (Fsp3) is 0.536. The average Bonchev–Trinajstić information content (AvgIpc) is 3.37. The number of hydrogen-bond acceptors (Lipinski definition) is 3. The molecule has 34 heavy (non-hydrogen) atoms. The first-order valence-electron chi connectivity index (χ1n) is 12.8. The van der Waals surface area contributed by atoms with Crippen LogP contribution in [-0.2, 0) is 9.59 Å². The molecule has 1 aromatic heterocycles. The minimum atomic E-state index is -0.438. The van der Waals surface area contributed by atoms with Crippen molar-refractivity contribution in [1.82, 2.24) is 15.2 Å². The van der Waals surface area contributed by atoms with Crippen molar-refractivity contribution in [2.75, 3.05) is 6.54 Å². The van der Waals surface area contributed by atoms with Gasteiger partial charge in [0.05, 0.1) is 6.04 Å². The Labute approximate surface area is 208 Å². The van der Waals surface area contributed by atoms with Gasteiger partial charge in [-0.05, 0) is 67.3 Å². The van der Waals surface area contributed by atoms with E-state index in [0.29, 0.717) is 11.6 Å². The lowest BCUT2D eigenvalue weighted by Gasteiger charge is -2.35. The number of amides is 2. The van der Waals surface area contributed by atoms with Crippen LogP contribution in [0.4, 0.5) is 0 Å². The molecule has 6 heteroatoms. The molecule has 2 heterocycles. The first-order chi connectivity index (χ1) is 16.5. The van der Waals surface area contributed by atoms with E-state index in [1.807, 2.05) is 55.4 Å². The highest BCUT2D eigenvalue weighted by molar-refractivity contribution is 6.30. The van der Waals surface area contributed by atoms with Crippen LogP contribution in [0.5, 0.6) is 0 Å². The average molecular weight is 482 g/mol. The van der Waals surface area contributed by atoms with E-state index in [1.54, 1.807) is 0 Å². The van der Waals surface area contributed by atoms with Crippen molar-refractivity contribution < 1.29 is 9.59 Å². The molecule has 182 valence electrons. The Morgan fingerprint density at radius 1 is 1.09 bits per heavy atom. The minimum Gasteiger partial charge on any atom is -0.344 e. The molecule has 0 radical (unpaired) electrons. The normalized spacial score (nSPS) is 20.7. The van der Waals surface area contributed by atoms with Crippen LogP contribution in [-0.4, -0.2) is 34.3 Å². The van der Waals surface area contributed by atoms with E-state index in [1.165, 1.54) is 6.42 Å². The summed E-state index contributed by atoms with van der Waals surface area (Å²) >= 11 is 6.20. The van der Waals surface area contributed by atoms with Crippen molar-refractivity contribution in [2.24, 2.45) is 11.8 Å². The van der Waals surface area contributed by atoms with Gasteiger partial charge in [0.15, 0.2) is 0 Å². The molecule has 1 saturated carbocycles. The fourth-order valence-electron chi connectivity index (χ4n) is 5.35. The van der Waals surface area contributed by atoms with Crippen molar-refractivity contribution in [1.29, 1.82) is 0 Å². The summed E-state index contributed by atoms with van der Waals surface area (Å²) in [5, 5.41) is 3.86. The van der Waals surface area contributed by atoms with E-state index in [0.717, 1.165) is 61.6 Å². The highest BCUT2D eigenvalue weighted by Gasteiger charge is 2.39. The summed E-state index contributed by atoms with van der Waals surface area (Å²) in [5.41, 5.74) is 3.05. The van der Waals surface area contributed by atoms with Crippen molar-refractivity contribution in [3.05, 3.63) is 53.3 Å². The monoisotopic (exact) mass is 481 g/mol. The number of carbonyl (C=O) groups is 2. The summed E-state index contributed by atoms with van der Waals surface area (Å²) in [6.45, 7) is 4.66. The van der Waals surface area contributed by atoms with Crippen molar-refractivity contribution in [2.45, 2.75) is 77.3 Å². The molecule has 3 unspecified atom stereocenters. The molecular formula is C28H36ClN3O2. The third-order valence-corrected chi connectivity index (χ3v) is 7.82. The molecule has 1 aliphatic heterocycles. The Bertz CT molecular complexity index is 1000. The second-order valence-corrected chi connectivity index (χ2v) is 10.3. The summed E-state index contributed by atoms with van der Waals surface area (Å²) in [5.74, 6) is 0.185. The lowest BCUT2D eigenvalue weighted by atomic mass is 9.83. The van der Waals surface area contributed by atoms with Crippen LogP contribution >= 0.6 is 11.6 Å². The smallest absolute Gasteiger partial charge is 0.245 e. The number of rotatable bonds is 7. The summed E-state index contributed by atoms with van der Waals surface area (Å²) in [6.07, 6.45) is 11.8. The van der Waals surface area contributed by atoms with E-state index in [4.69, 9.17) is 11.6 Å². The lowest BCUT2D eigenvalue weighted by molar-refractivity contribution is -0.140. The Hall–Kier alpha value is -2.40. The van der Waals surface area contributed by atoms with Crippen LogP contribution in [0.25, 0.3) is 11.1 Å². The molecular weight excluding hydrogens is 446 g/mol. The first-order valence-corrected chi connectivity index (χ1v) is 13.2. The van der Waals surface area contributed by atoms with E-state index < -0.39 is 6.04 Å². The molecule has 0 bridgehead atoms. The number of aromatic nitrogens is 1. The van der Waals surface area contributed by atoms with Crippen LogP contribution < -0.4 is 5.32 Å². The zero-order valence-corrected chi connectivity index (χ0v) is 21.1. The molecule has 2 aromatic rings. The van der Waals surface area contributed by atoms with Gasteiger partial charge in [-0.15, -0.1) is 0 Å². The van der Waals surface area contributed by atoms with Crippen LogP contribution in [0, 0.1) is 11.8 Å². The number of benzene rings is 1. The lowest BCUT2D eigenvalue weighted by Crippen LogP contribution is -2.53. The van der Waals surface area contributed by atoms with Gasteiger partial charge < -0.3 is 10.2 Å². The molecule has 1 aromatic carbocycles. The maximum atomic E-state index is 13.9. The number of hydrogen-bond donors (Lipinski definition) is 1. The van der Waals surface area contributed by atoms with E-state index in [-0.39, 0.29) is 29.7 Å². The number of nitrogens with one attached hydrogen (secondary N) is 1. The van der Waals surface area contributed by atoms with E-state index >= 15 is 0 Å². The predicted molar refractivity (Wildman–Crippen MR) is 136 cm³/mol. The highest BCUT2D eigenvalue weighted by Crippen LogP contribution is 2.36. The largest absolute Gasteiger partial charge is 0.344 e. The maximum absolute atomic E-state index is 13.9. The molecule has 1 saturated heterocycles. The number of pyridine rings is 1. The molecule has 4 rings (SSSR count). The standard InChI is InChI=1S/C28H36ClN3O2/c1-3-19(2)27(33)31-26(20-9-5-4-6-10-20)28(34)32-14-8-13-25(32)23-15-22(17-30-18-23)21-11-7-12-24(29)16-21/h7,11-12,15-20,25-26H,3-6,8-10,13-14H2,1-2H3,(H,31,33). The molecule has 3 atom stereocenters. The zero-order chi connectivity index (χ0) is 24.1. The molecule has 0 spiro atoms. The van der Waals surface area contributed by atoms with Crippen LogP contribution in [0.2, 0.25) is 5.02 Å². The Balaban J connectivity index is 1.58. The number of nitrogens with zero attached hydrogens (tertiary/aromatic N) is 2. The molecule has 2 fully saturated rings. The second kappa shape index (κ2) is 11.4. The SMILES string of the molecule is CCC(C)C(=O)NC(C(=O)N1CCCC1c1cncc(-c2cccc(Cl)c2)c1)C1CCCCC1. The molecule has 2 aliphatic rings. The van der Waals surface area contributed by atoms with Gasteiger partial charge >= 0.3 is 0 Å². The van der Waals surface area contributed by atoms with Crippen molar-refractivity contribution in [3.63, 3.8) is 0 Å². The second-order valence-electron chi connectivity index (χ2n) is 9.90. The Kier molecular flexibility index (Phi) is 8.25. The molecule has 1 N–H and O–H groups in total. The van der Waals surface area contributed by atoms with Gasteiger partial charge in [-0.2, -0.15) is 0 Å². The summed E-state index contributed by atoms with van der Waals surface area (Å²) in [6, 6.07) is 9.42. The van der Waals surface area contributed by atoms with Crippen molar-refractivity contribution in [3.8, 4) is 11.1 Å². The van der Waals surface area contributed by atoms with Gasteiger partial charge in [0.25, 0.3) is 0 Å². The van der Waals surface area contributed by atoms with Gasteiger partial charge in [-0.3, -0.25) is 14.6 Å². The Morgan fingerprint density at radius 2 is 1.88 bits per heavy atom. The quantitative estimate of drug-likeness (QED) is 0.513. The number of carbonyl (C=O) groups excluding carboxylic acids is 2. The third-order valence-electron chi connectivity index (χ3n) is 7.58. The topological polar surface area (TPSA) is 62.3 Å². The van der Waals surface area contributed by atoms with Crippen LogP contribution in [0.3, 0.4) is 0 Å². The fourth-order valence-corrected chi connectivity index (χ4v) is 5.54.